The quantitative estimate of drug-likeness (QED) is 0.743. The molecule has 0 aliphatic carbocycles. The van der Waals surface area contributed by atoms with Crippen molar-refractivity contribution in [2.45, 2.75) is 6.42 Å². The van der Waals surface area contributed by atoms with E-state index in [0.717, 1.165) is 0 Å². The van der Waals surface area contributed by atoms with Crippen molar-refractivity contribution in [1.29, 1.82) is 0 Å². The van der Waals surface area contributed by atoms with Gasteiger partial charge in [0.1, 0.15) is 5.82 Å². The predicted octanol–water partition coefficient (Wildman–Crippen LogP) is 0.0730. The first-order chi connectivity index (χ1) is 6.72. The summed E-state index contributed by atoms with van der Waals surface area (Å²) in [5.41, 5.74) is 0. The Morgan fingerprint density at radius 2 is 2.43 bits per heavy atom. The fourth-order valence-electron chi connectivity index (χ4n) is 0.796. The zero-order valence-corrected chi connectivity index (χ0v) is 8.38. The van der Waals surface area contributed by atoms with Crippen LogP contribution in [0.25, 0.3) is 0 Å². The number of halogens is 1. The monoisotopic (exact) mass is 215 g/mol. The van der Waals surface area contributed by atoms with Crippen LogP contribution in [-0.4, -0.2) is 34.7 Å². The molecule has 1 aromatic heterocycles. The average Bonchev–Trinajstić information content (AvgIpc) is 2.17. The molecule has 0 spiro atoms. The van der Waals surface area contributed by atoms with Crippen LogP contribution in [-0.2, 0) is 4.79 Å². The summed E-state index contributed by atoms with van der Waals surface area (Å²) in [5.74, 6) is 0.472. The Kier molecular flexibility index (Phi) is 4.06. The Hall–Kier alpha value is -1.43. The van der Waals surface area contributed by atoms with Gasteiger partial charge in [0.15, 0.2) is 0 Å². The third-order valence-electron chi connectivity index (χ3n) is 1.47. The van der Waals surface area contributed by atoms with Crippen LogP contribution < -0.4 is 10.6 Å². The molecule has 0 saturated heterocycles. The number of anilines is 1. The van der Waals surface area contributed by atoms with Crippen LogP contribution in [0.1, 0.15) is 6.42 Å². The summed E-state index contributed by atoms with van der Waals surface area (Å²) in [5, 5.41) is 12.6. The van der Waals surface area contributed by atoms with Crippen molar-refractivity contribution in [2.75, 3.05) is 18.9 Å². The molecule has 0 radical (unpaired) electrons. The first-order valence-corrected chi connectivity index (χ1v) is 4.40. The average molecular weight is 216 g/mol. The van der Waals surface area contributed by atoms with Gasteiger partial charge in [-0.05, 0) is 11.6 Å². The summed E-state index contributed by atoms with van der Waals surface area (Å²) >= 11 is 5.51. The third kappa shape index (κ3) is 3.53. The van der Waals surface area contributed by atoms with Crippen LogP contribution in [0.4, 0.5) is 5.82 Å². The van der Waals surface area contributed by atoms with Crippen LogP contribution in [0, 0.1) is 0 Å². The number of amides is 1. The van der Waals surface area contributed by atoms with Gasteiger partial charge in [-0.25, -0.2) is 0 Å². The van der Waals surface area contributed by atoms with E-state index in [9.17, 15) is 4.79 Å². The van der Waals surface area contributed by atoms with Gasteiger partial charge >= 0.3 is 0 Å². The van der Waals surface area contributed by atoms with Gasteiger partial charge in [0.25, 0.3) is 0 Å². The molecular formula is C7H10ClN5O. The molecule has 0 fully saturated rings. The smallest absolute Gasteiger partial charge is 0.244 e. The van der Waals surface area contributed by atoms with Crippen LogP contribution in [0.3, 0.4) is 0 Å². The molecule has 76 valence electrons. The summed E-state index contributed by atoms with van der Waals surface area (Å²) in [6.07, 6.45) is 1.81. The number of nitrogens with zero attached hydrogens (tertiary/aromatic N) is 3. The lowest BCUT2D eigenvalue weighted by Crippen LogP contribution is -2.21. The van der Waals surface area contributed by atoms with Gasteiger partial charge in [-0.3, -0.25) is 4.79 Å². The second kappa shape index (κ2) is 5.33. The van der Waals surface area contributed by atoms with Crippen molar-refractivity contribution in [2.24, 2.45) is 0 Å². The Morgan fingerprint density at radius 3 is 3.07 bits per heavy atom. The van der Waals surface area contributed by atoms with Crippen molar-refractivity contribution in [3.63, 3.8) is 0 Å². The molecule has 1 amide bonds. The largest absolute Gasteiger partial charge is 0.368 e. The first kappa shape index (κ1) is 10.6. The maximum Gasteiger partial charge on any atom is 0.244 e. The lowest BCUT2D eigenvalue weighted by atomic mass is 10.4. The van der Waals surface area contributed by atoms with E-state index in [4.69, 9.17) is 11.6 Å². The van der Waals surface area contributed by atoms with E-state index >= 15 is 0 Å². The number of carbonyl (C=O) groups excluding carboxylic acids is 1. The van der Waals surface area contributed by atoms with Crippen molar-refractivity contribution < 1.29 is 4.79 Å². The van der Waals surface area contributed by atoms with Gasteiger partial charge in [0.2, 0.25) is 11.2 Å². The molecule has 1 aromatic rings. The number of aromatic nitrogens is 3. The molecule has 1 heterocycles. The lowest BCUT2D eigenvalue weighted by molar-refractivity contribution is -0.120. The molecule has 0 aliphatic heterocycles. The number of hydrogen-bond donors (Lipinski definition) is 2. The molecule has 6 nitrogen and oxygen atoms in total. The van der Waals surface area contributed by atoms with Crippen LogP contribution in [0.2, 0.25) is 5.28 Å². The minimum absolute atomic E-state index is 0.0365. The van der Waals surface area contributed by atoms with Crippen LogP contribution in [0.15, 0.2) is 6.20 Å². The highest BCUT2D eigenvalue weighted by molar-refractivity contribution is 6.28. The first-order valence-electron chi connectivity index (χ1n) is 4.02. The lowest BCUT2D eigenvalue weighted by Gasteiger charge is -2.03. The SMILES string of the molecule is CNC(=O)CCNc1cnnc(Cl)n1. The third-order valence-corrected chi connectivity index (χ3v) is 1.63. The normalized spacial score (nSPS) is 9.57. The minimum atomic E-state index is -0.0365. The van der Waals surface area contributed by atoms with Crippen LogP contribution in [0.5, 0.6) is 0 Å². The van der Waals surface area contributed by atoms with Crippen LogP contribution >= 0.6 is 11.6 Å². The van der Waals surface area contributed by atoms with E-state index in [1.165, 1.54) is 6.20 Å². The Labute approximate surface area is 86.1 Å². The van der Waals surface area contributed by atoms with Gasteiger partial charge in [-0.2, -0.15) is 10.1 Å². The topological polar surface area (TPSA) is 79.8 Å². The predicted molar refractivity (Wildman–Crippen MR) is 52.0 cm³/mol. The highest BCUT2D eigenvalue weighted by Crippen LogP contribution is 2.03. The molecule has 0 saturated carbocycles. The van der Waals surface area contributed by atoms with Gasteiger partial charge in [0, 0.05) is 20.0 Å². The fraction of sp³-hybridized carbons (Fsp3) is 0.429. The van der Waals surface area contributed by atoms with Crippen molar-refractivity contribution >= 4 is 23.3 Å². The second-order valence-corrected chi connectivity index (χ2v) is 2.80. The standard InChI is InChI=1S/C7H10ClN5O/c1-9-6(14)2-3-10-5-4-11-13-7(8)12-5/h4H,2-3H2,1H3,(H,9,14)(H,10,12,13). The second-order valence-electron chi connectivity index (χ2n) is 2.46. The zero-order chi connectivity index (χ0) is 10.4. The summed E-state index contributed by atoms with van der Waals surface area (Å²) < 4.78 is 0. The number of nitrogens with one attached hydrogen (secondary N) is 2. The molecule has 0 unspecified atom stereocenters. The Balaban J connectivity index is 2.35. The Bertz CT molecular complexity index is 319. The maximum atomic E-state index is 10.8. The number of carbonyl (C=O) groups is 1. The fourth-order valence-corrected chi connectivity index (χ4v) is 0.931. The van der Waals surface area contributed by atoms with Gasteiger partial charge in [0.05, 0.1) is 6.20 Å². The van der Waals surface area contributed by atoms with E-state index in [1.807, 2.05) is 0 Å². The van der Waals surface area contributed by atoms with E-state index in [-0.39, 0.29) is 11.2 Å². The molecule has 7 heteroatoms. The van der Waals surface area contributed by atoms with E-state index in [2.05, 4.69) is 25.8 Å². The van der Waals surface area contributed by atoms with Crippen molar-refractivity contribution in [3.8, 4) is 0 Å². The highest BCUT2D eigenvalue weighted by Gasteiger charge is 1.99. The molecule has 2 N–H and O–H groups in total. The Morgan fingerprint density at radius 1 is 1.64 bits per heavy atom. The molecule has 14 heavy (non-hydrogen) atoms. The van der Waals surface area contributed by atoms with Crippen molar-refractivity contribution in [1.82, 2.24) is 20.5 Å². The van der Waals surface area contributed by atoms with E-state index in [0.29, 0.717) is 18.8 Å². The molecular weight excluding hydrogens is 206 g/mol. The van der Waals surface area contributed by atoms with Gasteiger partial charge in [-0.1, -0.05) is 0 Å². The van der Waals surface area contributed by atoms with E-state index < -0.39 is 0 Å². The van der Waals surface area contributed by atoms with E-state index in [1.54, 1.807) is 7.05 Å². The molecule has 0 aliphatic rings. The molecule has 0 aromatic carbocycles. The summed E-state index contributed by atoms with van der Waals surface area (Å²) in [4.78, 5) is 14.7. The number of hydrogen-bond acceptors (Lipinski definition) is 5. The molecule has 0 bridgehead atoms. The molecule has 1 rings (SSSR count). The minimum Gasteiger partial charge on any atom is -0.368 e. The molecule has 0 atom stereocenters. The summed E-state index contributed by atoms with van der Waals surface area (Å²) in [7, 11) is 1.59. The number of rotatable bonds is 4. The highest BCUT2D eigenvalue weighted by atomic mass is 35.5. The van der Waals surface area contributed by atoms with Gasteiger partial charge < -0.3 is 10.6 Å². The maximum absolute atomic E-state index is 10.8. The summed E-state index contributed by atoms with van der Waals surface area (Å²) in [6, 6.07) is 0. The van der Waals surface area contributed by atoms with Gasteiger partial charge in [-0.15, -0.1) is 5.10 Å². The zero-order valence-electron chi connectivity index (χ0n) is 7.62. The summed E-state index contributed by atoms with van der Waals surface area (Å²) in [6.45, 7) is 0.481. The van der Waals surface area contributed by atoms with Crippen molar-refractivity contribution in [3.05, 3.63) is 11.5 Å².